The van der Waals surface area contributed by atoms with Gasteiger partial charge >= 0.3 is 6.18 Å². The van der Waals surface area contributed by atoms with E-state index in [-0.39, 0.29) is 29.4 Å². The highest BCUT2D eigenvalue weighted by atomic mass is 19.4. The highest BCUT2D eigenvalue weighted by molar-refractivity contribution is 5.99. The quantitative estimate of drug-likeness (QED) is 0.301. The fourth-order valence-electron chi connectivity index (χ4n) is 4.94. The van der Waals surface area contributed by atoms with Crippen LogP contribution in [0.2, 0.25) is 0 Å². The highest BCUT2D eigenvalue weighted by Crippen LogP contribution is 2.53. The van der Waals surface area contributed by atoms with E-state index in [4.69, 9.17) is 6.42 Å². The monoisotopic (exact) mass is 576 g/mol. The number of benzene rings is 1. The van der Waals surface area contributed by atoms with Crippen molar-refractivity contribution < 1.29 is 13.2 Å². The number of aromatic nitrogens is 2. The summed E-state index contributed by atoms with van der Waals surface area (Å²) >= 11 is 0. The van der Waals surface area contributed by atoms with Gasteiger partial charge in [0.2, 0.25) is 0 Å². The normalized spacial score (nSPS) is 16.7. The smallest absolute Gasteiger partial charge is 0.383 e. The van der Waals surface area contributed by atoms with Crippen LogP contribution in [-0.2, 0) is 7.05 Å². The summed E-state index contributed by atoms with van der Waals surface area (Å²) in [4.78, 5) is 17.7. The van der Waals surface area contributed by atoms with Gasteiger partial charge in [0.15, 0.2) is 5.54 Å². The molecular weight excluding hydrogens is 545 g/mol. The van der Waals surface area contributed by atoms with Gasteiger partial charge in [-0.05, 0) is 42.5 Å². The predicted octanol–water partition coefficient (Wildman–Crippen LogP) is 4.66. The van der Waals surface area contributed by atoms with Crippen molar-refractivity contribution in [2.24, 2.45) is 12.5 Å². The van der Waals surface area contributed by atoms with Crippen LogP contribution in [0.25, 0.3) is 10.9 Å². The maximum absolute atomic E-state index is 13.9. The molecule has 12 heteroatoms. The van der Waals surface area contributed by atoms with Crippen LogP contribution >= 0.6 is 0 Å². The average Bonchev–Trinajstić information content (AvgIpc) is 3.62. The Morgan fingerprint density at radius 2 is 1.98 bits per heavy atom. The van der Waals surface area contributed by atoms with Crippen molar-refractivity contribution in [3.8, 4) is 18.4 Å². The van der Waals surface area contributed by atoms with Gasteiger partial charge in [-0.2, -0.15) is 18.4 Å². The number of pyridine rings is 2. The van der Waals surface area contributed by atoms with Crippen LogP contribution in [0.1, 0.15) is 56.3 Å². The van der Waals surface area contributed by atoms with E-state index in [0.717, 1.165) is 5.01 Å². The van der Waals surface area contributed by atoms with Crippen molar-refractivity contribution in [3.05, 3.63) is 75.6 Å². The van der Waals surface area contributed by atoms with Gasteiger partial charge in [-0.3, -0.25) is 14.8 Å². The number of hydrazine groups is 2. The molecule has 4 N–H and O–H groups in total. The minimum atomic E-state index is -4.45. The Morgan fingerprint density at radius 3 is 2.60 bits per heavy atom. The van der Waals surface area contributed by atoms with E-state index < -0.39 is 17.8 Å². The van der Waals surface area contributed by atoms with Gasteiger partial charge < -0.3 is 20.6 Å². The third-order valence-electron chi connectivity index (χ3n) is 7.43. The average molecular weight is 577 g/mol. The molecule has 1 aromatic carbocycles. The van der Waals surface area contributed by atoms with Crippen molar-refractivity contribution >= 4 is 22.3 Å². The summed E-state index contributed by atoms with van der Waals surface area (Å²) in [6.07, 6.45) is 5.71. The number of terminal acetylenes is 1. The van der Waals surface area contributed by atoms with Gasteiger partial charge in [-0.15, -0.1) is 12.0 Å². The third kappa shape index (κ3) is 5.21. The molecule has 1 atom stereocenters. The molecule has 0 amide bonds. The van der Waals surface area contributed by atoms with E-state index in [1.165, 1.54) is 10.8 Å². The fourth-order valence-corrected chi connectivity index (χ4v) is 4.94. The first kappa shape index (κ1) is 28.8. The molecule has 3 heterocycles. The number of rotatable bonds is 7. The Kier molecular flexibility index (Phi) is 7.07. The second-order valence-corrected chi connectivity index (χ2v) is 11.8. The van der Waals surface area contributed by atoms with E-state index in [2.05, 4.69) is 59.3 Å². The summed E-state index contributed by atoms with van der Waals surface area (Å²) in [6, 6.07) is 7.94. The number of hydrogen-bond acceptors (Lipinski definition) is 8. The van der Waals surface area contributed by atoms with Gasteiger partial charge in [0.1, 0.15) is 6.07 Å². The van der Waals surface area contributed by atoms with E-state index in [1.54, 1.807) is 43.7 Å². The van der Waals surface area contributed by atoms with Gasteiger partial charge in [-0.25, -0.2) is 0 Å². The Hall–Kier alpha value is -4.68. The number of alkyl halides is 3. The summed E-state index contributed by atoms with van der Waals surface area (Å²) < 4.78 is 43.0. The number of nitrogens with one attached hydrogen (secondary N) is 4. The summed E-state index contributed by atoms with van der Waals surface area (Å²) in [5, 5.41) is 18.3. The first-order valence-corrected chi connectivity index (χ1v) is 13.4. The van der Waals surface area contributed by atoms with E-state index >= 15 is 0 Å². The molecule has 1 aliphatic carbocycles. The summed E-state index contributed by atoms with van der Waals surface area (Å²) in [5.41, 5.74) is 5.92. The zero-order chi connectivity index (χ0) is 30.4. The molecule has 3 aromatic rings. The summed E-state index contributed by atoms with van der Waals surface area (Å²) in [5.74, 6) is 2.65. The van der Waals surface area contributed by atoms with Gasteiger partial charge in [0, 0.05) is 48.8 Å². The zero-order valence-electron chi connectivity index (χ0n) is 23.6. The lowest BCUT2D eigenvalue weighted by atomic mass is 9.96. The number of fused-ring (bicyclic) bond motifs is 1. The van der Waals surface area contributed by atoms with Gasteiger partial charge in [-0.1, -0.05) is 26.7 Å². The van der Waals surface area contributed by atoms with Crippen LogP contribution in [0.4, 0.5) is 24.5 Å². The number of anilines is 2. The first-order chi connectivity index (χ1) is 19.8. The maximum Gasteiger partial charge on any atom is 0.413 e. The van der Waals surface area contributed by atoms with Gasteiger partial charge in [0.05, 0.1) is 34.1 Å². The molecule has 42 heavy (non-hydrogen) atoms. The van der Waals surface area contributed by atoms with Crippen LogP contribution in [0.15, 0.2) is 53.4 Å². The Labute approximate surface area is 241 Å². The molecule has 1 fully saturated rings. The maximum atomic E-state index is 13.9. The van der Waals surface area contributed by atoms with Crippen molar-refractivity contribution in [3.63, 3.8) is 0 Å². The number of hydrogen-bond donors (Lipinski definition) is 4. The van der Waals surface area contributed by atoms with Crippen LogP contribution < -0.4 is 27.2 Å². The Bertz CT molecular complexity index is 1720. The molecule has 2 aromatic heterocycles. The van der Waals surface area contributed by atoms with Crippen LogP contribution in [0.5, 0.6) is 0 Å². The Balaban J connectivity index is 1.62. The van der Waals surface area contributed by atoms with Crippen molar-refractivity contribution in [1.82, 2.24) is 25.5 Å². The molecule has 0 spiro atoms. The molecule has 1 aliphatic heterocycles. The summed E-state index contributed by atoms with van der Waals surface area (Å²) in [7, 11) is 1.59. The molecule has 1 saturated carbocycles. The molecule has 0 radical (unpaired) electrons. The summed E-state index contributed by atoms with van der Waals surface area (Å²) in [6.45, 7) is 6.80. The molecule has 0 unspecified atom stereocenters. The van der Waals surface area contributed by atoms with E-state index in [9.17, 15) is 23.2 Å². The Morgan fingerprint density at radius 1 is 1.24 bits per heavy atom. The van der Waals surface area contributed by atoms with Crippen molar-refractivity contribution in [1.29, 1.82) is 5.26 Å². The molecule has 0 bridgehead atoms. The van der Waals surface area contributed by atoms with Crippen LogP contribution in [-0.4, -0.2) is 32.8 Å². The predicted molar refractivity (Wildman–Crippen MR) is 155 cm³/mol. The molecule has 0 saturated heterocycles. The SMILES string of the molecule is C#Cc1cnc2c(C#N)cc(N[C@H](C3=CN(C4(C(F)(F)F)CC4)NN3)c3cccn(C)c3=O)cc2c1NCC(C)(C)C. The van der Waals surface area contributed by atoms with Crippen molar-refractivity contribution in [2.75, 3.05) is 17.2 Å². The molecule has 5 rings (SSSR count). The molecule has 2 aliphatic rings. The highest BCUT2D eigenvalue weighted by Gasteiger charge is 2.67. The second-order valence-electron chi connectivity index (χ2n) is 11.8. The number of nitriles is 1. The van der Waals surface area contributed by atoms with E-state index in [0.29, 0.717) is 45.6 Å². The standard InChI is InChI=1S/C30H31F3N8O/c1-6-18-15-35-25-19(14-34)12-20(13-22(25)24(18)36-17-28(2,3)4)37-26(21-8-7-11-40(5)27(21)42)23-16-41(39-38-23)29(9-10-29)30(31,32)33/h1,7-8,11-13,15-16,26,37-39H,9-10,17H2,2-5H3,(H,35,36)/t26-/m0/s1. The van der Waals surface area contributed by atoms with E-state index in [1.807, 2.05) is 0 Å². The molecule has 218 valence electrons. The largest absolute Gasteiger partial charge is 0.413 e. The van der Waals surface area contributed by atoms with Crippen molar-refractivity contribution in [2.45, 2.75) is 51.4 Å². The van der Waals surface area contributed by atoms with Crippen LogP contribution in [0.3, 0.4) is 0 Å². The lowest BCUT2D eigenvalue weighted by Crippen LogP contribution is -2.52. The fraction of sp³-hybridized carbons (Fsp3) is 0.367. The minimum absolute atomic E-state index is 0.0504. The second kappa shape index (κ2) is 10.3. The molecular formula is C30H31F3N8O. The van der Waals surface area contributed by atoms with Crippen LogP contribution in [0, 0.1) is 29.1 Å². The number of halogens is 3. The third-order valence-corrected chi connectivity index (χ3v) is 7.43. The number of nitrogens with zero attached hydrogens (tertiary/aromatic N) is 4. The van der Waals surface area contributed by atoms with Gasteiger partial charge in [0.25, 0.3) is 5.56 Å². The first-order valence-electron chi connectivity index (χ1n) is 13.4. The minimum Gasteiger partial charge on any atom is -0.383 e. The zero-order valence-corrected chi connectivity index (χ0v) is 23.6. The molecule has 9 nitrogen and oxygen atoms in total. The lowest BCUT2D eigenvalue weighted by Gasteiger charge is -2.28. The number of aryl methyl sites for hydroxylation is 1. The topological polar surface area (TPSA) is 110 Å². The lowest BCUT2D eigenvalue weighted by molar-refractivity contribution is -0.195.